The number of nitrogens with two attached hydrogens (primary N) is 1. The number of aryl methyl sites for hydroxylation is 2. The summed E-state index contributed by atoms with van der Waals surface area (Å²) in [5.74, 6) is 1.33. The van der Waals surface area contributed by atoms with Crippen LogP contribution in [0.2, 0.25) is 10.3 Å². The van der Waals surface area contributed by atoms with Gasteiger partial charge in [0.05, 0.1) is 36.0 Å². The molecule has 2 N–H and O–H groups in total. The molecule has 0 saturated carbocycles. The lowest BCUT2D eigenvalue weighted by Gasteiger charge is -2.08. The van der Waals surface area contributed by atoms with Crippen LogP contribution in [-0.4, -0.2) is 48.0 Å². The third kappa shape index (κ3) is 4.08. The molecular weight excluding hydrogens is 443 g/mol. The molecule has 0 fully saturated rings. The molecule has 0 amide bonds. The van der Waals surface area contributed by atoms with E-state index in [1.807, 2.05) is 11.5 Å². The molecule has 0 radical (unpaired) electrons. The molecule has 0 aliphatic heterocycles. The molecule has 4 rings (SSSR count). The van der Waals surface area contributed by atoms with E-state index in [4.69, 9.17) is 38.4 Å². The first-order chi connectivity index (χ1) is 14.9. The molecule has 0 aliphatic rings. The van der Waals surface area contributed by atoms with Gasteiger partial charge in [0.25, 0.3) is 5.88 Å². The van der Waals surface area contributed by atoms with Crippen LogP contribution in [0.15, 0.2) is 18.6 Å². The molecule has 10 nitrogen and oxygen atoms in total. The molecule has 0 bridgehead atoms. The molecule has 0 atom stereocenters. The maximum Gasteiger partial charge on any atom is 0.257 e. The number of aromatic nitrogens is 7. The Morgan fingerprint density at radius 3 is 2.68 bits per heavy atom. The molecular formula is C19H20Cl2N8O2. The van der Waals surface area contributed by atoms with E-state index >= 15 is 0 Å². The summed E-state index contributed by atoms with van der Waals surface area (Å²) in [6.45, 7) is 4.63. The summed E-state index contributed by atoms with van der Waals surface area (Å²) in [5, 5.41) is 5.96. The molecule has 0 saturated heterocycles. The lowest BCUT2D eigenvalue weighted by atomic mass is 10.3. The fourth-order valence-corrected chi connectivity index (χ4v) is 3.53. The van der Waals surface area contributed by atoms with E-state index < -0.39 is 0 Å². The normalized spacial score (nSPS) is 11.3. The lowest BCUT2D eigenvalue weighted by molar-refractivity contribution is 0.291. The zero-order chi connectivity index (χ0) is 22.1. The molecule has 0 aromatic carbocycles. The Hall–Kier alpha value is -3.11. The van der Waals surface area contributed by atoms with E-state index in [1.165, 1.54) is 0 Å². The Morgan fingerprint density at radius 1 is 1.10 bits per heavy atom. The van der Waals surface area contributed by atoms with Crippen molar-refractivity contribution in [3.05, 3.63) is 40.4 Å². The third-order valence-electron chi connectivity index (χ3n) is 4.73. The highest BCUT2D eigenvalue weighted by Crippen LogP contribution is 2.29. The Labute approximate surface area is 187 Å². The van der Waals surface area contributed by atoms with E-state index in [1.54, 1.807) is 37.3 Å². The van der Waals surface area contributed by atoms with Gasteiger partial charge in [-0.3, -0.25) is 0 Å². The average Bonchev–Trinajstić information content (AvgIpc) is 3.21. The second-order valence-electron chi connectivity index (χ2n) is 6.78. The number of anilines is 1. The smallest absolute Gasteiger partial charge is 0.257 e. The minimum Gasteiger partial charge on any atom is -0.479 e. The largest absolute Gasteiger partial charge is 0.479 e. The van der Waals surface area contributed by atoms with Crippen molar-refractivity contribution in [2.75, 3.05) is 19.5 Å². The molecule has 0 spiro atoms. The van der Waals surface area contributed by atoms with Crippen LogP contribution in [0.25, 0.3) is 16.7 Å². The summed E-state index contributed by atoms with van der Waals surface area (Å²) in [4.78, 5) is 16.7. The first-order valence-electron chi connectivity index (χ1n) is 9.41. The second kappa shape index (κ2) is 8.56. The topological polar surface area (TPSA) is 119 Å². The van der Waals surface area contributed by atoms with Gasteiger partial charge in [-0.25, -0.2) is 14.6 Å². The summed E-state index contributed by atoms with van der Waals surface area (Å²) in [6.07, 6.45) is 5.72. The van der Waals surface area contributed by atoms with Gasteiger partial charge in [0.1, 0.15) is 22.8 Å². The van der Waals surface area contributed by atoms with Gasteiger partial charge < -0.3 is 19.8 Å². The Balaban J connectivity index is 1.47. The first-order valence-corrected chi connectivity index (χ1v) is 10.2. The van der Waals surface area contributed by atoms with Gasteiger partial charge in [0, 0.05) is 18.9 Å². The van der Waals surface area contributed by atoms with Gasteiger partial charge in [-0.1, -0.05) is 11.6 Å². The lowest BCUT2D eigenvalue weighted by Crippen LogP contribution is -2.07. The van der Waals surface area contributed by atoms with Crippen molar-refractivity contribution in [1.29, 1.82) is 0 Å². The first kappa shape index (κ1) is 21.1. The summed E-state index contributed by atoms with van der Waals surface area (Å²) < 4.78 is 14.7. The van der Waals surface area contributed by atoms with E-state index in [9.17, 15) is 0 Å². The van der Waals surface area contributed by atoms with Crippen molar-refractivity contribution in [2.45, 2.75) is 26.8 Å². The minimum absolute atomic E-state index is 0.170. The summed E-state index contributed by atoms with van der Waals surface area (Å²) in [7, 11) is 1.54. The van der Waals surface area contributed by atoms with Crippen LogP contribution in [0.1, 0.15) is 17.9 Å². The minimum atomic E-state index is 0.170. The number of nitrogen functional groups attached to an aromatic ring is 1. The number of nitrogens with zero attached hydrogens (tertiary/aromatic N) is 7. The summed E-state index contributed by atoms with van der Waals surface area (Å²) >= 11 is 12.2. The van der Waals surface area contributed by atoms with Gasteiger partial charge in [-0.05, 0) is 31.9 Å². The highest BCUT2D eigenvalue weighted by Gasteiger charge is 2.18. The number of ether oxygens (including phenoxy) is 2. The van der Waals surface area contributed by atoms with Crippen LogP contribution in [-0.2, 0) is 6.54 Å². The zero-order valence-corrected chi connectivity index (χ0v) is 18.6. The van der Waals surface area contributed by atoms with Crippen LogP contribution >= 0.6 is 23.2 Å². The number of fused-ring (bicyclic) bond motifs is 1. The molecule has 31 heavy (non-hydrogen) atoms. The number of hydrogen-bond acceptors (Lipinski definition) is 8. The van der Waals surface area contributed by atoms with E-state index in [0.29, 0.717) is 64.9 Å². The SMILES string of the molecule is COc1nc(C)ncc1-n1nc(OCCCn2cc(Cl)c3cnc(Cl)nc32)c(N)c1C. The van der Waals surface area contributed by atoms with Gasteiger partial charge in [-0.15, -0.1) is 5.10 Å². The second-order valence-corrected chi connectivity index (χ2v) is 7.52. The molecule has 12 heteroatoms. The monoisotopic (exact) mass is 462 g/mol. The number of halogens is 2. The van der Waals surface area contributed by atoms with Crippen LogP contribution in [0.3, 0.4) is 0 Å². The number of rotatable bonds is 7. The standard InChI is InChI=1S/C19H20Cl2N8O2/c1-10-15(22)18(27-29(10)14-8-23-11(2)25-17(14)30-3)31-6-4-5-28-9-13(20)12-7-24-19(21)26-16(12)28/h7-9H,4-6,22H2,1-3H3. The zero-order valence-electron chi connectivity index (χ0n) is 17.1. The maximum absolute atomic E-state index is 6.25. The van der Waals surface area contributed by atoms with E-state index in [-0.39, 0.29) is 5.28 Å². The quantitative estimate of drug-likeness (QED) is 0.327. The highest BCUT2D eigenvalue weighted by atomic mass is 35.5. The van der Waals surface area contributed by atoms with Gasteiger partial charge in [0.2, 0.25) is 11.2 Å². The van der Waals surface area contributed by atoms with Crippen molar-refractivity contribution in [1.82, 2.24) is 34.3 Å². The van der Waals surface area contributed by atoms with Crippen LogP contribution in [0.5, 0.6) is 11.8 Å². The van der Waals surface area contributed by atoms with E-state index in [2.05, 4.69) is 25.0 Å². The van der Waals surface area contributed by atoms with E-state index in [0.717, 1.165) is 5.39 Å². The predicted octanol–water partition coefficient (Wildman–Crippen LogP) is 3.39. The molecule has 4 aromatic rings. The molecule has 0 unspecified atom stereocenters. The molecule has 4 heterocycles. The number of hydrogen-bond donors (Lipinski definition) is 1. The maximum atomic E-state index is 6.25. The van der Waals surface area contributed by atoms with Crippen LogP contribution < -0.4 is 15.2 Å². The van der Waals surface area contributed by atoms with Crippen molar-refractivity contribution in [3.8, 4) is 17.4 Å². The van der Waals surface area contributed by atoms with Crippen molar-refractivity contribution in [3.63, 3.8) is 0 Å². The Kier molecular flexibility index (Phi) is 5.84. The number of methoxy groups -OCH3 is 1. The van der Waals surface area contributed by atoms with Gasteiger partial charge in [0.15, 0.2) is 0 Å². The average molecular weight is 463 g/mol. The Bertz CT molecular complexity index is 1250. The van der Waals surface area contributed by atoms with Crippen LogP contribution in [0, 0.1) is 13.8 Å². The molecule has 4 aromatic heterocycles. The van der Waals surface area contributed by atoms with Crippen LogP contribution in [0.4, 0.5) is 5.69 Å². The highest BCUT2D eigenvalue weighted by molar-refractivity contribution is 6.35. The van der Waals surface area contributed by atoms with Gasteiger partial charge >= 0.3 is 0 Å². The summed E-state index contributed by atoms with van der Waals surface area (Å²) in [6, 6.07) is 0. The fourth-order valence-electron chi connectivity index (χ4n) is 3.15. The predicted molar refractivity (Wildman–Crippen MR) is 117 cm³/mol. The Morgan fingerprint density at radius 2 is 1.90 bits per heavy atom. The molecule has 0 aliphatic carbocycles. The molecule has 162 valence electrons. The summed E-state index contributed by atoms with van der Waals surface area (Å²) in [5.41, 5.74) is 8.61. The van der Waals surface area contributed by atoms with Crippen molar-refractivity contribution in [2.24, 2.45) is 0 Å². The third-order valence-corrected chi connectivity index (χ3v) is 5.21. The van der Waals surface area contributed by atoms with Crippen molar-refractivity contribution < 1.29 is 9.47 Å². The van der Waals surface area contributed by atoms with Crippen molar-refractivity contribution >= 4 is 39.9 Å². The fraction of sp³-hybridized carbons (Fsp3) is 0.316. The van der Waals surface area contributed by atoms with Gasteiger partial charge in [-0.2, -0.15) is 9.97 Å².